The number of phenolic OH excluding ortho intramolecular Hbond substituents is 1. The lowest BCUT2D eigenvalue weighted by molar-refractivity contribution is -0.265. The zero-order valence-electron chi connectivity index (χ0n) is 25.9. The number of thiazole rings is 1. The number of aryl methyl sites for hydroxylation is 1. The second-order valence-corrected chi connectivity index (χ2v) is 14.9. The van der Waals surface area contributed by atoms with Crippen molar-refractivity contribution in [2.45, 2.75) is 65.3 Å². The SMILES string of the molecule is Cc1ccc(-c2csc(Nc3ccc4c(c3O)C(=O)[C@@H]3C(O)[C@@]5(O)C(=O)[C@H](C(N)=O)C(O)[C@H](C(C)C)[C@@]5(C)C[C@@]3(C)C4)n2)cc1. The lowest BCUT2D eigenvalue weighted by Gasteiger charge is -2.66. The number of amides is 1. The molecule has 3 aromatic rings. The molecule has 1 aromatic heterocycles. The van der Waals surface area contributed by atoms with Crippen LogP contribution >= 0.6 is 11.3 Å². The van der Waals surface area contributed by atoms with Crippen molar-refractivity contribution in [2.24, 2.45) is 40.2 Å². The van der Waals surface area contributed by atoms with Crippen LogP contribution in [-0.2, 0) is 16.0 Å². The minimum absolute atomic E-state index is 0.000744. The van der Waals surface area contributed by atoms with Crippen LogP contribution in [0.3, 0.4) is 0 Å². The van der Waals surface area contributed by atoms with Crippen molar-refractivity contribution in [1.29, 1.82) is 0 Å². The smallest absolute Gasteiger partial charge is 0.230 e. The van der Waals surface area contributed by atoms with Crippen LogP contribution in [0.25, 0.3) is 11.3 Å². The third-order valence-electron chi connectivity index (χ3n) is 10.7. The number of hydrogen-bond donors (Lipinski definition) is 6. The van der Waals surface area contributed by atoms with E-state index < -0.39 is 63.9 Å². The van der Waals surface area contributed by atoms with Crippen molar-refractivity contribution < 1.29 is 34.8 Å². The molecular formula is C34H39N3O7S. The Morgan fingerprint density at radius 1 is 1.11 bits per heavy atom. The number of aromatic hydroxyl groups is 1. The molecule has 0 spiro atoms. The Labute approximate surface area is 265 Å². The number of aliphatic hydroxyl groups is 3. The van der Waals surface area contributed by atoms with Crippen LogP contribution in [-0.4, -0.2) is 60.7 Å². The first kappa shape index (κ1) is 31.3. The largest absolute Gasteiger partial charge is 0.505 e. The summed E-state index contributed by atoms with van der Waals surface area (Å²) in [5.41, 5.74) is 4.30. The van der Waals surface area contributed by atoms with Crippen molar-refractivity contribution in [3.05, 3.63) is 58.5 Å². The van der Waals surface area contributed by atoms with Gasteiger partial charge in [-0.15, -0.1) is 11.3 Å². The Morgan fingerprint density at radius 3 is 2.40 bits per heavy atom. The fraction of sp³-hybridized carbons (Fsp3) is 0.471. The maximum Gasteiger partial charge on any atom is 0.230 e. The molecule has 0 saturated heterocycles. The Hall–Kier alpha value is -3.64. The molecule has 3 aliphatic carbocycles. The van der Waals surface area contributed by atoms with E-state index in [0.29, 0.717) is 10.7 Å². The number of hydrogen-bond acceptors (Lipinski definition) is 10. The number of phenols is 1. The molecule has 11 heteroatoms. The molecular weight excluding hydrogens is 594 g/mol. The predicted molar refractivity (Wildman–Crippen MR) is 169 cm³/mol. The molecule has 8 atom stereocenters. The number of benzene rings is 2. The van der Waals surface area contributed by atoms with Gasteiger partial charge >= 0.3 is 0 Å². The Morgan fingerprint density at radius 2 is 1.78 bits per heavy atom. The van der Waals surface area contributed by atoms with E-state index in [1.54, 1.807) is 19.1 Å². The minimum Gasteiger partial charge on any atom is -0.505 e. The quantitative estimate of drug-likeness (QED) is 0.180. The summed E-state index contributed by atoms with van der Waals surface area (Å²) >= 11 is 1.34. The summed E-state index contributed by atoms with van der Waals surface area (Å²) in [6, 6.07) is 11.4. The molecule has 3 aliphatic rings. The number of nitrogens with two attached hydrogens (primary N) is 1. The highest BCUT2D eigenvalue weighted by molar-refractivity contribution is 7.14. The van der Waals surface area contributed by atoms with E-state index in [4.69, 9.17) is 5.73 Å². The van der Waals surface area contributed by atoms with Gasteiger partial charge < -0.3 is 31.5 Å². The fourth-order valence-corrected chi connectivity index (χ4v) is 9.66. The van der Waals surface area contributed by atoms with Gasteiger partial charge in [0.25, 0.3) is 0 Å². The van der Waals surface area contributed by atoms with E-state index in [1.807, 2.05) is 57.3 Å². The lowest BCUT2D eigenvalue weighted by Crippen LogP contribution is -2.79. The lowest BCUT2D eigenvalue weighted by atomic mass is 9.39. The molecule has 2 fully saturated rings. The topological polar surface area (TPSA) is 183 Å². The van der Waals surface area contributed by atoms with Crippen LogP contribution in [0.1, 0.15) is 55.6 Å². The highest BCUT2D eigenvalue weighted by Gasteiger charge is 2.75. The number of fused-ring (bicyclic) bond motifs is 3. The fourth-order valence-electron chi connectivity index (χ4n) is 8.93. The number of nitrogens with zero attached hydrogens (tertiary/aromatic N) is 1. The first-order chi connectivity index (χ1) is 21.0. The highest BCUT2D eigenvalue weighted by Crippen LogP contribution is 2.65. The zero-order chi connectivity index (χ0) is 32.8. The van der Waals surface area contributed by atoms with Gasteiger partial charge in [-0.05, 0) is 48.6 Å². The van der Waals surface area contributed by atoms with Crippen molar-refractivity contribution in [3.63, 3.8) is 0 Å². The molecule has 0 aliphatic heterocycles. The van der Waals surface area contributed by atoms with Crippen molar-refractivity contribution in [2.75, 3.05) is 5.32 Å². The molecule has 6 rings (SSSR count). The Kier molecular flexibility index (Phi) is 7.28. The standard InChI is InChI=1S/C34H39N3O7S/c1-15(2)23-27(40)22(30(35)43)28(41)34(44)29(42)24-26(39)21-18(12-32(24,4)14-33(23,34)5)10-11-19(25(21)38)36-31-37-20(13-45-31)17-8-6-16(3)7-9-17/h6-11,13,15,22-24,27,29,38,40,42,44H,12,14H2,1-5H3,(H2,35,43)(H,36,37)/t22-,23+,24-,27?,29?,32-,33-,34+/m1/s1. The van der Waals surface area contributed by atoms with Gasteiger partial charge in [0.05, 0.1) is 29.0 Å². The van der Waals surface area contributed by atoms with Gasteiger partial charge in [0.2, 0.25) is 5.91 Å². The summed E-state index contributed by atoms with van der Waals surface area (Å²) < 4.78 is 0. The molecule has 2 aromatic carbocycles. The first-order valence-electron chi connectivity index (χ1n) is 15.2. The maximum absolute atomic E-state index is 14.3. The predicted octanol–water partition coefficient (Wildman–Crippen LogP) is 3.75. The Balaban J connectivity index is 1.39. The summed E-state index contributed by atoms with van der Waals surface area (Å²) in [4.78, 5) is 45.2. The second kappa shape index (κ2) is 10.4. The number of rotatable bonds is 5. The Bertz CT molecular complexity index is 1720. The number of carbonyl (C=O) groups excluding carboxylic acids is 3. The highest BCUT2D eigenvalue weighted by atomic mass is 32.1. The molecule has 2 unspecified atom stereocenters. The van der Waals surface area contributed by atoms with E-state index in [0.717, 1.165) is 16.8 Å². The molecule has 1 heterocycles. The number of carbonyl (C=O) groups is 3. The van der Waals surface area contributed by atoms with E-state index >= 15 is 0 Å². The number of aliphatic hydroxyl groups excluding tert-OH is 2. The van der Waals surface area contributed by atoms with Gasteiger partial charge in [-0.2, -0.15) is 0 Å². The second-order valence-electron chi connectivity index (χ2n) is 14.0. The van der Waals surface area contributed by atoms with Crippen molar-refractivity contribution in [3.8, 4) is 17.0 Å². The zero-order valence-corrected chi connectivity index (χ0v) is 26.7. The van der Waals surface area contributed by atoms with Crippen molar-refractivity contribution in [1.82, 2.24) is 4.98 Å². The van der Waals surface area contributed by atoms with Crippen LogP contribution in [0.15, 0.2) is 41.8 Å². The number of nitrogens with one attached hydrogen (secondary N) is 1. The van der Waals surface area contributed by atoms with E-state index in [9.17, 15) is 34.8 Å². The summed E-state index contributed by atoms with van der Waals surface area (Å²) in [5, 5.41) is 52.4. The number of Topliss-reactive ketones (excluding diaryl/α,β-unsaturated/α-hetero) is 2. The van der Waals surface area contributed by atoms with E-state index in [1.165, 1.54) is 11.3 Å². The molecule has 2 saturated carbocycles. The average Bonchev–Trinajstić information content (AvgIpc) is 3.41. The first-order valence-corrected chi connectivity index (χ1v) is 16.0. The number of aromatic nitrogens is 1. The van der Waals surface area contributed by atoms with Gasteiger partial charge in [0, 0.05) is 16.4 Å². The molecule has 7 N–H and O–H groups in total. The third-order valence-corrected chi connectivity index (χ3v) is 11.5. The van der Waals surface area contributed by atoms with Crippen LogP contribution in [0.2, 0.25) is 0 Å². The summed E-state index contributed by atoms with van der Waals surface area (Å²) in [5.74, 6) is -7.23. The van der Waals surface area contributed by atoms with E-state index in [-0.39, 0.29) is 35.8 Å². The van der Waals surface area contributed by atoms with Crippen LogP contribution in [0, 0.1) is 41.4 Å². The maximum atomic E-state index is 14.3. The van der Waals surface area contributed by atoms with Crippen LogP contribution in [0.5, 0.6) is 5.75 Å². The normalized spacial score (nSPS) is 34.2. The summed E-state index contributed by atoms with van der Waals surface area (Å²) in [6.07, 6.45) is -3.02. The van der Waals surface area contributed by atoms with Gasteiger partial charge in [-0.3, -0.25) is 14.4 Å². The molecule has 10 nitrogen and oxygen atoms in total. The average molecular weight is 634 g/mol. The molecule has 238 valence electrons. The van der Waals surface area contributed by atoms with E-state index in [2.05, 4.69) is 10.3 Å². The molecule has 0 radical (unpaired) electrons. The number of anilines is 2. The molecule has 45 heavy (non-hydrogen) atoms. The number of primary amides is 1. The van der Waals surface area contributed by atoms with Gasteiger partial charge in [0.15, 0.2) is 22.3 Å². The van der Waals surface area contributed by atoms with Gasteiger partial charge in [-0.25, -0.2) is 4.98 Å². The minimum atomic E-state index is -2.54. The molecule has 1 amide bonds. The summed E-state index contributed by atoms with van der Waals surface area (Å²) in [6.45, 7) is 9.10. The number of ketones is 2. The summed E-state index contributed by atoms with van der Waals surface area (Å²) in [7, 11) is 0. The van der Waals surface area contributed by atoms with Crippen molar-refractivity contribution >= 4 is 39.6 Å². The third kappa shape index (κ3) is 4.39. The van der Waals surface area contributed by atoms with Crippen LogP contribution in [0.4, 0.5) is 10.8 Å². The molecule has 0 bridgehead atoms. The van der Waals surface area contributed by atoms with Crippen LogP contribution < -0.4 is 11.1 Å². The van der Waals surface area contributed by atoms with Gasteiger partial charge in [0.1, 0.15) is 17.8 Å². The van der Waals surface area contributed by atoms with Gasteiger partial charge in [-0.1, -0.05) is 63.6 Å². The monoisotopic (exact) mass is 633 g/mol.